The number of aryl methyl sites for hydroxylation is 1. The lowest BCUT2D eigenvalue weighted by Gasteiger charge is -2.10. The van der Waals surface area contributed by atoms with Crippen molar-refractivity contribution in [2.24, 2.45) is 5.92 Å². The van der Waals surface area contributed by atoms with Crippen LogP contribution in [-0.4, -0.2) is 19.0 Å². The van der Waals surface area contributed by atoms with E-state index in [1.165, 1.54) is 0 Å². The zero-order chi connectivity index (χ0) is 11.5. The minimum absolute atomic E-state index is 0. The number of halogens is 2. The van der Waals surface area contributed by atoms with Crippen molar-refractivity contribution in [1.82, 2.24) is 5.32 Å². The molecule has 0 bridgehead atoms. The second-order valence-corrected chi connectivity index (χ2v) is 4.55. The molecule has 1 saturated heterocycles. The lowest BCUT2D eigenvalue weighted by molar-refractivity contribution is -0.119. The summed E-state index contributed by atoms with van der Waals surface area (Å²) in [4.78, 5) is 11.8. The van der Waals surface area contributed by atoms with E-state index < -0.39 is 0 Å². The molecule has 1 aromatic carbocycles. The summed E-state index contributed by atoms with van der Waals surface area (Å²) in [7, 11) is 0. The lowest BCUT2D eigenvalue weighted by Crippen LogP contribution is -2.24. The van der Waals surface area contributed by atoms with Gasteiger partial charge in [-0.3, -0.25) is 4.79 Å². The number of hydrogen-bond donors (Lipinski definition) is 2. The molecule has 1 atom stereocenters. The van der Waals surface area contributed by atoms with Crippen LogP contribution < -0.4 is 10.6 Å². The molecule has 2 N–H and O–H groups in total. The van der Waals surface area contributed by atoms with Crippen molar-refractivity contribution >= 4 is 35.6 Å². The van der Waals surface area contributed by atoms with Crippen LogP contribution in [-0.2, 0) is 4.79 Å². The summed E-state index contributed by atoms with van der Waals surface area (Å²) >= 11 is 5.99. The van der Waals surface area contributed by atoms with Crippen LogP contribution in [0.3, 0.4) is 0 Å². The fraction of sp³-hybridized carbons (Fsp3) is 0.417. The molecule has 0 radical (unpaired) electrons. The predicted octanol–water partition coefficient (Wildman–Crippen LogP) is 2.62. The maximum Gasteiger partial charge on any atom is 0.228 e. The molecule has 5 heteroatoms. The number of rotatable bonds is 2. The quantitative estimate of drug-likeness (QED) is 0.871. The Balaban J connectivity index is 0.00000144. The Bertz CT molecular complexity index is 403. The summed E-state index contributed by atoms with van der Waals surface area (Å²) in [6.07, 6.45) is 0.908. The van der Waals surface area contributed by atoms with Gasteiger partial charge in [0.2, 0.25) is 5.91 Å². The van der Waals surface area contributed by atoms with Crippen molar-refractivity contribution in [3.63, 3.8) is 0 Å². The summed E-state index contributed by atoms with van der Waals surface area (Å²) in [6.45, 7) is 3.63. The van der Waals surface area contributed by atoms with E-state index in [1.54, 1.807) is 6.07 Å². The van der Waals surface area contributed by atoms with Gasteiger partial charge in [0.25, 0.3) is 0 Å². The van der Waals surface area contributed by atoms with Crippen LogP contribution in [0.5, 0.6) is 0 Å². The van der Waals surface area contributed by atoms with E-state index in [0.717, 1.165) is 30.8 Å². The van der Waals surface area contributed by atoms with Gasteiger partial charge >= 0.3 is 0 Å². The number of amides is 1. The van der Waals surface area contributed by atoms with Crippen LogP contribution in [0.4, 0.5) is 5.69 Å². The van der Waals surface area contributed by atoms with Crippen LogP contribution >= 0.6 is 24.0 Å². The number of nitrogens with one attached hydrogen (secondary N) is 2. The molecule has 1 aliphatic rings. The second-order valence-electron chi connectivity index (χ2n) is 4.14. The van der Waals surface area contributed by atoms with Gasteiger partial charge in [0.15, 0.2) is 0 Å². The zero-order valence-corrected chi connectivity index (χ0v) is 11.2. The third-order valence-electron chi connectivity index (χ3n) is 2.87. The molecule has 1 amide bonds. The van der Waals surface area contributed by atoms with Gasteiger partial charge in [-0.2, -0.15) is 0 Å². The van der Waals surface area contributed by atoms with Crippen LogP contribution in [0, 0.1) is 12.8 Å². The number of carbonyl (C=O) groups excluding carboxylic acids is 1. The topological polar surface area (TPSA) is 41.1 Å². The molecule has 0 aromatic heterocycles. The molecule has 1 heterocycles. The number of carbonyl (C=O) groups is 1. The molecule has 94 valence electrons. The highest BCUT2D eigenvalue weighted by molar-refractivity contribution is 6.31. The van der Waals surface area contributed by atoms with Crippen LogP contribution in [0.2, 0.25) is 5.02 Å². The Morgan fingerprint density at radius 2 is 2.29 bits per heavy atom. The number of hydrogen-bond acceptors (Lipinski definition) is 2. The molecule has 2 rings (SSSR count). The predicted molar refractivity (Wildman–Crippen MR) is 73.0 cm³/mol. The van der Waals surface area contributed by atoms with E-state index in [-0.39, 0.29) is 24.2 Å². The molecule has 1 unspecified atom stereocenters. The molecule has 1 aliphatic heterocycles. The maximum atomic E-state index is 11.8. The first kappa shape index (κ1) is 14.3. The molecule has 0 saturated carbocycles. The highest BCUT2D eigenvalue weighted by Crippen LogP contribution is 2.21. The summed E-state index contributed by atoms with van der Waals surface area (Å²) in [5, 5.41) is 6.74. The van der Waals surface area contributed by atoms with Gasteiger partial charge in [0.05, 0.1) is 5.92 Å². The van der Waals surface area contributed by atoms with Crippen molar-refractivity contribution in [2.75, 3.05) is 18.4 Å². The fourth-order valence-electron chi connectivity index (χ4n) is 1.79. The standard InChI is InChI=1S/C12H15ClN2O.ClH/c1-8-2-3-10(6-11(8)13)15-12(16)9-4-5-14-7-9;/h2-3,6,9,14H,4-5,7H2,1H3,(H,15,16);1H. The van der Waals surface area contributed by atoms with E-state index in [2.05, 4.69) is 10.6 Å². The Hall–Kier alpha value is -0.770. The van der Waals surface area contributed by atoms with Gasteiger partial charge < -0.3 is 10.6 Å². The van der Waals surface area contributed by atoms with Crippen molar-refractivity contribution in [1.29, 1.82) is 0 Å². The molecular formula is C12H16Cl2N2O. The summed E-state index contributed by atoms with van der Waals surface area (Å²) in [5.41, 5.74) is 1.79. The lowest BCUT2D eigenvalue weighted by atomic mass is 10.1. The van der Waals surface area contributed by atoms with Crippen LogP contribution in [0.1, 0.15) is 12.0 Å². The van der Waals surface area contributed by atoms with E-state index in [9.17, 15) is 4.79 Å². The first-order valence-electron chi connectivity index (χ1n) is 5.44. The second kappa shape index (κ2) is 6.24. The largest absolute Gasteiger partial charge is 0.326 e. The minimum atomic E-state index is 0. The van der Waals surface area contributed by atoms with Gasteiger partial charge in [0.1, 0.15) is 0 Å². The molecule has 3 nitrogen and oxygen atoms in total. The van der Waals surface area contributed by atoms with Gasteiger partial charge in [-0.25, -0.2) is 0 Å². The van der Waals surface area contributed by atoms with Crippen molar-refractivity contribution in [3.05, 3.63) is 28.8 Å². The molecule has 1 fully saturated rings. The van der Waals surface area contributed by atoms with Crippen LogP contribution in [0.25, 0.3) is 0 Å². The van der Waals surface area contributed by atoms with Crippen molar-refractivity contribution in [3.8, 4) is 0 Å². The Morgan fingerprint density at radius 3 is 2.88 bits per heavy atom. The minimum Gasteiger partial charge on any atom is -0.326 e. The Kier molecular flexibility index (Phi) is 5.25. The van der Waals surface area contributed by atoms with Gasteiger partial charge in [0, 0.05) is 17.3 Å². The molecule has 0 spiro atoms. The van der Waals surface area contributed by atoms with Crippen LogP contribution in [0.15, 0.2) is 18.2 Å². The average molecular weight is 275 g/mol. The highest BCUT2D eigenvalue weighted by Gasteiger charge is 2.22. The third-order valence-corrected chi connectivity index (χ3v) is 3.28. The zero-order valence-electron chi connectivity index (χ0n) is 9.63. The monoisotopic (exact) mass is 274 g/mol. The SMILES string of the molecule is Cc1ccc(NC(=O)C2CCNC2)cc1Cl.Cl. The normalized spacial score (nSPS) is 18.6. The number of benzene rings is 1. The van der Waals surface area contributed by atoms with E-state index >= 15 is 0 Å². The summed E-state index contributed by atoms with van der Waals surface area (Å²) in [5.74, 6) is 0.157. The maximum absolute atomic E-state index is 11.8. The summed E-state index contributed by atoms with van der Waals surface area (Å²) < 4.78 is 0. The van der Waals surface area contributed by atoms with Gasteiger partial charge in [-0.05, 0) is 37.6 Å². The van der Waals surface area contributed by atoms with E-state index in [4.69, 9.17) is 11.6 Å². The fourth-order valence-corrected chi connectivity index (χ4v) is 1.97. The first-order chi connectivity index (χ1) is 7.66. The number of anilines is 1. The van der Waals surface area contributed by atoms with Gasteiger partial charge in [-0.15, -0.1) is 12.4 Å². The van der Waals surface area contributed by atoms with Crippen molar-refractivity contribution in [2.45, 2.75) is 13.3 Å². The Morgan fingerprint density at radius 1 is 1.53 bits per heavy atom. The molecule has 0 aliphatic carbocycles. The Labute approximate surface area is 112 Å². The smallest absolute Gasteiger partial charge is 0.228 e. The first-order valence-corrected chi connectivity index (χ1v) is 5.82. The van der Waals surface area contributed by atoms with Gasteiger partial charge in [-0.1, -0.05) is 17.7 Å². The van der Waals surface area contributed by atoms with Crippen molar-refractivity contribution < 1.29 is 4.79 Å². The molecular weight excluding hydrogens is 259 g/mol. The highest BCUT2D eigenvalue weighted by atomic mass is 35.5. The van der Waals surface area contributed by atoms with E-state index in [0.29, 0.717) is 5.02 Å². The summed E-state index contributed by atoms with van der Waals surface area (Å²) in [6, 6.07) is 5.57. The molecule has 1 aromatic rings. The molecule has 17 heavy (non-hydrogen) atoms. The average Bonchev–Trinajstić information content (AvgIpc) is 2.77. The van der Waals surface area contributed by atoms with E-state index in [1.807, 2.05) is 19.1 Å². The third kappa shape index (κ3) is 3.60.